The SMILES string of the molecule is CC(C)C1CCN(S(=O)(=O)c2ccc(CCCCl)cc2)C1. The molecule has 21 heavy (non-hydrogen) atoms. The van der Waals surface area contributed by atoms with Gasteiger partial charge in [-0.3, -0.25) is 0 Å². The van der Waals surface area contributed by atoms with Crippen LogP contribution in [0.15, 0.2) is 29.2 Å². The Morgan fingerprint density at radius 2 is 1.95 bits per heavy atom. The fraction of sp³-hybridized carbons (Fsp3) is 0.625. The van der Waals surface area contributed by atoms with Gasteiger partial charge in [-0.25, -0.2) is 8.42 Å². The first kappa shape index (κ1) is 16.8. The third-order valence-corrected chi connectivity index (χ3v) is 6.44. The number of benzene rings is 1. The highest BCUT2D eigenvalue weighted by atomic mass is 35.5. The van der Waals surface area contributed by atoms with E-state index in [9.17, 15) is 8.42 Å². The van der Waals surface area contributed by atoms with E-state index in [0.717, 1.165) is 24.8 Å². The largest absolute Gasteiger partial charge is 0.243 e. The highest BCUT2D eigenvalue weighted by molar-refractivity contribution is 7.89. The van der Waals surface area contributed by atoms with Crippen molar-refractivity contribution in [2.75, 3.05) is 19.0 Å². The van der Waals surface area contributed by atoms with Gasteiger partial charge in [-0.2, -0.15) is 4.31 Å². The lowest BCUT2D eigenvalue weighted by Gasteiger charge is -2.18. The molecule has 1 aliphatic rings. The highest BCUT2D eigenvalue weighted by Crippen LogP contribution is 2.28. The quantitative estimate of drug-likeness (QED) is 0.749. The van der Waals surface area contributed by atoms with Crippen molar-refractivity contribution in [1.82, 2.24) is 4.31 Å². The van der Waals surface area contributed by atoms with E-state index in [1.807, 2.05) is 12.1 Å². The number of halogens is 1. The first-order chi connectivity index (χ1) is 9.95. The molecule has 0 spiro atoms. The summed E-state index contributed by atoms with van der Waals surface area (Å²) in [5, 5.41) is 0. The van der Waals surface area contributed by atoms with E-state index in [1.165, 1.54) is 0 Å². The van der Waals surface area contributed by atoms with Gasteiger partial charge in [0.15, 0.2) is 0 Å². The van der Waals surface area contributed by atoms with Crippen LogP contribution >= 0.6 is 11.6 Å². The number of alkyl halides is 1. The van der Waals surface area contributed by atoms with Crippen LogP contribution in [0.5, 0.6) is 0 Å². The minimum absolute atomic E-state index is 0.404. The molecule has 1 unspecified atom stereocenters. The molecule has 1 heterocycles. The van der Waals surface area contributed by atoms with E-state index < -0.39 is 10.0 Å². The maximum absolute atomic E-state index is 12.6. The summed E-state index contributed by atoms with van der Waals surface area (Å²) in [4.78, 5) is 0.404. The smallest absolute Gasteiger partial charge is 0.207 e. The normalized spacial score (nSPS) is 20.3. The average molecular weight is 330 g/mol. The third kappa shape index (κ3) is 3.99. The molecular weight excluding hydrogens is 306 g/mol. The lowest BCUT2D eigenvalue weighted by atomic mass is 9.96. The second kappa shape index (κ2) is 7.12. The predicted molar refractivity (Wildman–Crippen MR) is 87.2 cm³/mol. The molecule has 0 bridgehead atoms. The predicted octanol–water partition coefficient (Wildman–Crippen LogP) is 3.52. The van der Waals surface area contributed by atoms with Gasteiger partial charge in [0.2, 0.25) is 10.0 Å². The molecule has 0 saturated carbocycles. The molecule has 0 aliphatic carbocycles. The van der Waals surface area contributed by atoms with Crippen LogP contribution in [-0.4, -0.2) is 31.7 Å². The Bertz CT molecular complexity index is 554. The van der Waals surface area contributed by atoms with Gasteiger partial charge in [-0.1, -0.05) is 26.0 Å². The van der Waals surface area contributed by atoms with Gasteiger partial charge in [-0.15, -0.1) is 11.6 Å². The van der Waals surface area contributed by atoms with E-state index in [0.29, 0.717) is 35.7 Å². The monoisotopic (exact) mass is 329 g/mol. The van der Waals surface area contributed by atoms with Crippen LogP contribution in [0, 0.1) is 11.8 Å². The molecule has 0 N–H and O–H groups in total. The van der Waals surface area contributed by atoms with E-state index in [2.05, 4.69) is 13.8 Å². The van der Waals surface area contributed by atoms with Gasteiger partial charge < -0.3 is 0 Å². The van der Waals surface area contributed by atoms with Gasteiger partial charge in [0.05, 0.1) is 4.90 Å². The van der Waals surface area contributed by atoms with E-state index in [-0.39, 0.29) is 0 Å². The summed E-state index contributed by atoms with van der Waals surface area (Å²) in [5.74, 6) is 1.63. The summed E-state index contributed by atoms with van der Waals surface area (Å²) in [6, 6.07) is 7.24. The molecule has 1 aromatic rings. The number of hydrogen-bond donors (Lipinski definition) is 0. The molecular formula is C16H24ClNO2S. The molecule has 1 fully saturated rings. The molecule has 0 aromatic heterocycles. The molecule has 3 nitrogen and oxygen atoms in total. The number of aryl methyl sites for hydroxylation is 1. The van der Waals surface area contributed by atoms with Crippen molar-refractivity contribution in [3.63, 3.8) is 0 Å². The van der Waals surface area contributed by atoms with Gasteiger partial charge >= 0.3 is 0 Å². The zero-order valence-corrected chi connectivity index (χ0v) is 14.3. The van der Waals surface area contributed by atoms with Crippen molar-refractivity contribution >= 4 is 21.6 Å². The second-order valence-electron chi connectivity index (χ2n) is 6.09. The number of rotatable bonds is 6. The molecule has 0 amide bonds. The average Bonchev–Trinajstić information content (AvgIpc) is 2.96. The van der Waals surface area contributed by atoms with Gasteiger partial charge in [-0.05, 0) is 48.8 Å². The van der Waals surface area contributed by atoms with Crippen molar-refractivity contribution in [2.45, 2.75) is 38.0 Å². The van der Waals surface area contributed by atoms with Crippen molar-refractivity contribution in [3.05, 3.63) is 29.8 Å². The van der Waals surface area contributed by atoms with E-state index >= 15 is 0 Å². The Morgan fingerprint density at radius 1 is 1.29 bits per heavy atom. The summed E-state index contributed by atoms with van der Waals surface area (Å²) < 4.78 is 26.9. The van der Waals surface area contributed by atoms with Crippen LogP contribution in [0.1, 0.15) is 32.3 Å². The second-order valence-corrected chi connectivity index (χ2v) is 8.41. The van der Waals surface area contributed by atoms with Crippen LogP contribution in [0.25, 0.3) is 0 Å². The number of hydrogen-bond acceptors (Lipinski definition) is 2. The highest BCUT2D eigenvalue weighted by Gasteiger charge is 2.33. The summed E-state index contributed by atoms with van der Waals surface area (Å²) >= 11 is 5.68. The van der Waals surface area contributed by atoms with Crippen LogP contribution < -0.4 is 0 Å². The summed E-state index contributed by atoms with van der Waals surface area (Å²) in [6.07, 6.45) is 2.77. The molecule has 118 valence electrons. The van der Waals surface area contributed by atoms with Gasteiger partial charge in [0.25, 0.3) is 0 Å². The lowest BCUT2D eigenvalue weighted by Crippen LogP contribution is -2.29. The number of sulfonamides is 1. The molecule has 2 rings (SSSR count). The first-order valence-electron chi connectivity index (χ1n) is 7.60. The molecule has 1 atom stereocenters. The Kier molecular flexibility index (Phi) is 5.69. The minimum Gasteiger partial charge on any atom is -0.207 e. The fourth-order valence-electron chi connectivity index (χ4n) is 2.76. The third-order valence-electron chi connectivity index (χ3n) is 4.29. The fourth-order valence-corrected chi connectivity index (χ4v) is 4.41. The van der Waals surface area contributed by atoms with Gasteiger partial charge in [0.1, 0.15) is 0 Å². The van der Waals surface area contributed by atoms with E-state index in [4.69, 9.17) is 11.6 Å². The molecule has 1 aliphatic heterocycles. The molecule has 1 saturated heterocycles. The summed E-state index contributed by atoms with van der Waals surface area (Å²) in [7, 11) is -3.34. The van der Waals surface area contributed by atoms with Gasteiger partial charge in [0, 0.05) is 19.0 Å². The van der Waals surface area contributed by atoms with Crippen molar-refractivity contribution < 1.29 is 8.42 Å². The summed E-state index contributed by atoms with van der Waals surface area (Å²) in [6.45, 7) is 5.60. The Labute approximate surface area is 133 Å². The Morgan fingerprint density at radius 3 is 2.48 bits per heavy atom. The van der Waals surface area contributed by atoms with Crippen LogP contribution in [0.4, 0.5) is 0 Å². The van der Waals surface area contributed by atoms with Crippen LogP contribution in [0.3, 0.4) is 0 Å². The summed E-state index contributed by atoms with van der Waals surface area (Å²) in [5.41, 5.74) is 1.14. The van der Waals surface area contributed by atoms with Crippen molar-refractivity contribution in [2.24, 2.45) is 11.8 Å². The molecule has 0 radical (unpaired) electrons. The van der Waals surface area contributed by atoms with Crippen LogP contribution in [-0.2, 0) is 16.4 Å². The minimum atomic E-state index is -3.34. The zero-order valence-electron chi connectivity index (χ0n) is 12.8. The zero-order chi connectivity index (χ0) is 15.5. The first-order valence-corrected chi connectivity index (χ1v) is 9.57. The van der Waals surface area contributed by atoms with Crippen molar-refractivity contribution in [1.29, 1.82) is 0 Å². The Balaban J connectivity index is 2.09. The molecule has 5 heteroatoms. The lowest BCUT2D eigenvalue weighted by molar-refractivity contribution is 0.388. The standard InChI is InChI=1S/C16H24ClNO2S/c1-13(2)15-9-11-18(12-15)21(19,20)16-7-5-14(6-8-16)4-3-10-17/h5-8,13,15H,3-4,9-12H2,1-2H3. The maximum atomic E-state index is 12.6. The maximum Gasteiger partial charge on any atom is 0.243 e. The van der Waals surface area contributed by atoms with E-state index in [1.54, 1.807) is 16.4 Å². The Hall–Kier alpha value is -0.580. The molecule has 1 aromatic carbocycles. The van der Waals surface area contributed by atoms with Crippen LogP contribution in [0.2, 0.25) is 0 Å². The van der Waals surface area contributed by atoms with Crippen molar-refractivity contribution in [3.8, 4) is 0 Å². The number of nitrogens with zero attached hydrogens (tertiary/aromatic N) is 1. The topological polar surface area (TPSA) is 37.4 Å².